The van der Waals surface area contributed by atoms with E-state index < -0.39 is 0 Å². The first-order valence-corrected chi connectivity index (χ1v) is 8.07. The Hall–Kier alpha value is -2.14. The first-order valence-electron chi connectivity index (χ1n) is 8.07. The summed E-state index contributed by atoms with van der Waals surface area (Å²) >= 11 is 0. The van der Waals surface area contributed by atoms with Crippen molar-refractivity contribution in [1.82, 2.24) is 14.9 Å². The van der Waals surface area contributed by atoms with Crippen LogP contribution < -0.4 is 5.56 Å². The number of benzene rings is 1. The lowest BCUT2D eigenvalue weighted by Crippen LogP contribution is -2.36. The molecule has 0 amide bonds. The zero-order valence-corrected chi connectivity index (χ0v) is 13.9. The zero-order valence-electron chi connectivity index (χ0n) is 13.9. The summed E-state index contributed by atoms with van der Waals surface area (Å²) in [6, 6.07) is 5.78. The number of phenolic OH excluding ortho intramolecular Hbond substituents is 1. The number of aromatic hydroxyl groups is 1. The Morgan fingerprint density at radius 3 is 2.91 bits per heavy atom. The van der Waals surface area contributed by atoms with Gasteiger partial charge in [-0.1, -0.05) is 32.0 Å². The van der Waals surface area contributed by atoms with Gasteiger partial charge < -0.3 is 10.1 Å². The highest BCUT2D eigenvalue weighted by molar-refractivity contribution is 5.39. The predicted molar refractivity (Wildman–Crippen MR) is 89.6 cm³/mol. The SMILES string of the molecule is Cc1cccc(CN2CCc3nc(C(C)C)[nH]c(=O)c3C2)c1O. The van der Waals surface area contributed by atoms with Crippen LogP contribution in [0, 0.1) is 6.92 Å². The van der Waals surface area contributed by atoms with Crippen molar-refractivity contribution in [3.8, 4) is 5.75 Å². The van der Waals surface area contributed by atoms with Gasteiger partial charge in [-0.2, -0.15) is 0 Å². The minimum absolute atomic E-state index is 0.0307. The number of nitrogens with zero attached hydrogens (tertiary/aromatic N) is 2. The molecule has 0 aliphatic carbocycles. The average Bonchev–Trinajstić information content (AvgIpc) is 2.52. The van der Waals surface area contributed by atoms with Crippen LogP contribution in [0.25, 0.3) is 0 Å². The molecular formula is C18H23N3O2. The maximum atomic E-state index is 12.3. The van der Waals surface area contributed by atoms with Gasteiger partial charge in [0.25, 0.3) is 5.56 Å². The summed E-state index contributed by atoms with van der Waals surface area (Å²) in [6.07, 6.45) is 0.769. The smallest absolute Gasteiger partial charge is 0.255 e. The van der Waals surface area contributed by atoms with Crippen molar-refractivity contribution in [2.45, 2.75) is 46.2 Å². The second-order valence-electron chi connectivity index (χ2n) is 6.57. The van der Waals surface area contributed by atoms with E-state index in [1.807, 2.05) is 39.0 Å². The van der Waals surface area contributed by atoms with Crippen LogP contribution in [0.4, 0.5) is 0 Å². The van der Waals surface area contributed by atoms with Gasteiger partial charge in [0.15, 0.2) is 0 Å². The Bertz CT molecular complexity index is 780. The molecule has 5 nitrogen and oxygen atoms in total. The van der Waals surface area contributed by atoms with Gasteiger partial charge in [-0.25, -0.2) is 4.98 Å². The van der Waals surface area contributed by atoms with Crippen molar-refractivity contribution in [3.63, 3.8) is 0 Å². The number of hydrogen-bond donors (Lipinski definition) is 2. The van der Waals surface area contributed by atoms with E-state index in [4.69, 9.17) is 0 Å². The largest absolute Gasteiger partial charge is 0.507 e. The molecule has 1 aromatic carbocycles. The fraction of sp³-hybridized carbons (Fsp3) is 0.444. The topological polar surface area (TPSA) is 69.2 Å². The van der Waals surface area contributed by atoms with E-state index in [2.05, 4.69) is 14.9 Å². The second kappa shape index (κ2) is 6.16. The average molecular weight is 313 g/mol. The molecule has 0 saturated carbocycles. The van der Waals surface area contributed by atoms with Crippen LogP contribution in [0.5, 0.6) is 5.75 Å². The lowest BCUT2D eigenvalue weighted by atomic mass is 10.0. The number of phenols is 1. The van der Waals surface area contributed by atoms with Crippen LogP contribution in [-0.4, -0.2) is 26.5 Å². The van der Waals surface area contributed by atoms with Crippen LogP contribution in [0.1, 0.15) is 48.0 Å². The Labute approximate surface area is 136 Å². The number of H-pyrrole nitrogens is 1. The van der Waals surface area contributed by atoms with Crippen LogP contribution >= 0.6 is 0 Å². The molecule has 0 fully saturated rings. The van der Waals surface area contributed by atoms with Gasteiger partial charge in [0.05, 0.1) is 11.3 Å². The van der Waals surface area contributed by atoms with Gasteiger partial charge in [0.2, 0.25) is 0 Å². The summed E-state index contributed by atoms with van der Waals surface area (Å²) in [5.74, 6) is 1.33. The van der Waals surface area contributed by atoms with Crippen LogP contribution in [0.15, 0.2) is 23.0 Å². The number of hydrogen-bond acceptors (Lipinski definition) is 4. The Morgan fingerprint density at radius 1 is 1.39 bits per heavy atom. The number of rotatable bonds is 3. The molecule has 0 atom stereocenters. The summed E-state index contributed by atoms with van der Waals surface area (Å²) < 4.78 is 0. The van der Waals surface area contributed by atoms with Crippen molar-refractivity contribution < 1.29 is 5.11 Å². The molecule has 0 spiro atoms. The van der Waals surface area contributed by atoms with E-state index in [9.17, 15) is 9.90 Å². The van der Waals surface area contributed by atoms with Crippen LogP contribution in [0.2, 0.25) is 0 Å². The molecule has 2 aromatic rings. The number of para-hydroxylation sites is 1. The molecule has 2 heterocycles. The molecule has 0 unspecified atom stereocenters. The van der Waals surface area contributed by atoms with Gasteiger partial charge in [-0.3, -0.25) is 9.69 Å². The minimum Gasteiger partial charge on any atom is -0.507 e. The standard InChI is InChI=1S/C18H23N3O2/c1-11(2)17-19-15-7-8-21(10-14(15)18(23)20-17)9-13-6-4-5-12(3)16(13)22/h4-6,11,22H,7-10H2,1-3H3,(H,19,20,23). The van der Waals surface area contributed by atoms with Gasteiger partial charge in [-0.05, 0) is 12.5 Å². The van der Waals surface area contributed by atoms with Gasteiger partial charge in [0, 0.05) is 37.5 Å². The first-order chi connectivity index (χ1) is 11.0. The molecule has 122 valence electrons. The van der Waals surface area contributed by atoms with Gasteiger partial charge in [0.1, 0.15) is 11.6 Å². The third kappa shape index (κ3) is 3.15. The van der Waals surface area contributed by atoms with E-state index >= 15 is 0 Å². The molecule has 1 aromatic heterocycles. The molecule has 2 N–H and O–H groups in total. The van der Waals surface area contributed by atoms with Gasteiger partial charge >= 0.3 is 0 Å². The van der Waals surface area contributed by atoms with Crippen LogP contribution in [0.3, 0.4) is 0 Å². The molecular weight excluding hydrogens is 290 g/mol. The summed E-state index contributed by atoms with van der Waals surface area (Å²) in [6.45, 7) is 8.00. The summed E-state index contributed by atoms with van der Waals surface area (Å²) in [5.41, 5.74) is 3.42. The highest BCUT2D eigenvalue weighted by Gasteiger charge is 2.22. The number of aryl methyl sites for hydroxylation is 1. The third-order valence-electron chi connectivity index (χ3n) is 4.43. The monoisotopic (exact) mass is 313 g/mol. The molecule has 0 saturated heterocycles. The van der Waals surface area contributed by atoms with E-state index in [0.29, 0.717) is 18.8 Å². The van der Waals surface area contributed by atoms with E-state index in [0.717, 1.165) is 41.2 Å². The summed E-state index contributed by atoms with van der Waals surface area (Å²) in [5, 5.41) is 10.2. The van der Waals surface area contributed by atoms with Crippen molar-refractivity contribution in [2.24, 2.45) is 0 Å². The number of aromatic nitrogens is 2. The highest BCUT2D eigenvalue weighted by Crippen LogP contribution is 2.25. The fourth-order valence-corrected chi connectivity index (χ4v) is 3.00. The number of aromatic amines is 1. The number of fused-ring (bicyclic) bond motifs is 1. The van der Waals surface area contributed by atoms with E-state index in [1.54, 1.807) is 0 Å². The van der Waals surface area contributed by atoms with Crippen molar-refractivity contribution in [2.75, 3.05) is 6.54 Å². The van der Waals surface area contributed by atoms with E-state index in [-0.39, 0.29) is 11.5 Å². The number of nitrogens with one attached hydrogen (secondary N) is 1. The second-order valence-corrected chi connectivity index (χ2v) is 6.57. The third-order valence-corrected chi connectivity index (χ3v) is 4.43. The highest BCUT2D eigenvalue weighted by atomic mass is 16.3. The molecule has 5 heteroatoms. The summed E-state index contributed by atoms with van der Waals surface area (Å²) in [4.78, 5) is 22.0. The maximum Gasteiger partial charge on any atom is 0.255 e. The summed E-state index contributed by atoms with van der Waals surface area (Å²) in [7, 11) is 0. The molecule has 0 radical (unpaired) electrons. The Balaban J connectivity index is 1.83. The molecule has 0 bridgehead atoms. The molecule has 1 aliphatic rings. The molecule has 1 aliphatic heterocycles. The Kier molecular flexibility index (Phi) is 4.22. The van der Waals surface area contributed by atoms with Crippen molar-refractivity contribution in [1.29, 1.82) is 0 Å². The lowest BCUT2D eigenvalue weighted by Gasteiger charge is -2.28. The first kappa shape index (κ1) is 15.7. The Morgan fingerprint density at radius 2 is 2.17 bits per heavy atom. The van der Waals surface area contributed by atoms with Crippen LogP contribution in [-0.2, 0) is 19.5 Å². The maximum absolute atomic E-state index is 12.3. The fourth-order valence-electron chi connectivity index (χ4n) is 3.00. The van der Waals surface area contributed by atoms with Crippen molar-refractivity contribution in [3.05, 3.63) is 56.8 Å². The zero-order chi connectivity index (χ0) is 16.6. The quantitative estimate of drug-likeness (QED) is 0.913. The normalized spacial score (nSPS) is 15.0. The van der Waals surface area contributed by atoms with E-state index in [1.165, 1.54) is 0 Å². The lowest BCUT2D eigenvalue weighted by molar-refractivity contribution is 0.238. The van der Waals surface area contributed by atoms with Crippen molar-refractivity contribution >= 4 is 0 Å². The minimum atomic E-state index is -0.0307. The van der Waals surface area contributed by atoms with Gasteiger partial charge in [-0.15, -0.1) is 0 Å². The predicted octanol–water partition coefficient (Wildman–Crippen LogP) is 2.47. The molecule has 23 heavy (non-hydrogen) atoms. The molecule has 3 rings (SSSR count).